The number of aromatic nitrogens is 3. The van der Waals surface area contributed by atoms with Crippen LogP contribution in [0, 0.1) is 4.78 Å². The molecular formula is C5H10N4OS. The third kappa shape index (κ3) is 1.40. The lowest BCUT2D eigenvalue weighted by atomic mass is 11.0. The maximum atomic E-state index is 11.4. The Balaban J connectivity index is 3.22. The van der Waals surface area contributed by atoms with Crippen molar-refractivity contribution in [1.82, 2.24) is 14.8 Å². The predicted octanol–water partition coefficient (Wildman–Crippen LogP) is 0.241. The van der Waals surface area contributed by atoms with Gasteiger partial charge in [-0.2, -0.15) is 0 Å². The summed E-state index contributed by atoms with van der Waals surface area (Å²) in [6, 6.07) is 0. The molecule has 0 saturated heterocycles. The van der Waals surface area contributed by atoms with E-state index in [1.165, 1.54) is 10.9 Å². The second kappa shape index (κ2) is 2.61. The van der Waals surface area contributed by atoms with E-state index in [9.17, 15) is 4.21 Å². The van der Waals surface area contributed by atoms with Crippen LogP contribution in [0.3, 0.4) is 0 Å². The largest absolute Gasteiger partial charge is 0.309 e. The van der Waals surface area contributed by atoms with Crippen molar-refractivity contribution in [3.63, 3.8) is 0 Å². The van der Waals surface area contributed by atoms with Crippen LogP contribution in [-0.4, -0.2) is 24.7 Å². The molecule has 6 heteroatoms. The Morgan fingerprint density at radius 2 is 2.45 bits per heavy atom. The average Bonchev–Trinajstić information content (AvgIpc) is 2.36. The monoisotopic (exact) mass is 174 g/mol. The van der Waals surface area contributed by atoms with Gasteiger partial charge in [0.25, 0.3) is 0 Å². The van der Waals surface area contributed by atoms with Crippen LogP contribution in [0.4, 0.5) is 0 Å². The average molecular weight is 174 g/mol. The van der Waals surface area contributed by atoms with E-state index in [-0.39, 0.29) is 10.9 Å². The fourth-order valence-electron chi connectivity index (χ4n) is 0.700. The van der Waals surface area contributed by atoms with Gasteiger partial charge in [-0.15, -0.1) is 10.2 Å². The fourth-order valence-corrected chi connectivity index (χ4v) is 1.65. The van der Waals surface area contributed by atoms with Gasteiger partial charge in [0, 0.05) is 12.8 Å². The molecule has 0 radical (unpaired) electrons. The van der Waals surface area contributed by atoms with Crippen molar-refractivity contribution in [2.24, 2.45) is 7.05 Å². The normalized spacial score (nSPS) is 16.2. The number of nitrogens with one attached hydrogen (secondary N) is 1. The first-order valence-corrected chi connectivity index (χ1v) is 4.91. The standard InChI is InChI=1S/C5H10N4OS/c1-3-11(6,10)5-8-7-4-9(5)2/h4,6H,3H2,1-2H3/t11-/m1/s1. The summed E-state index contributed by atoms with van der Waals surface area (Å²) in [7, 11) is -1.02. The molecule has 11 heavy (non-hydrogen) atoms. The molecule has 0 unspecified atom stereocenters. The molecule has 1 atom stereocenters. The molecule has 0 aromatic carbocycles. The van der Waals surface area contributed by atoms with Gasteiger partial charge in [-0.3, -0.25) is 0 Å². The third-order valence-corrected chi connectivity index (χ3v) is 3.14. The van der Waals surface area contributed by atoms with Crippen molar-refractivity contribution in [2.75, 3.05) is 5.75 Å². The lowest BCUT2D eigenvalue weighted by molar-refractivity contribution is 0.655. The van der Waals surface area contributed by atoms with Gasteiger partial charge in [0.05, 0.1) is 0 Å². The zero-order valence-corrected chi connectivity index (χ0v) is 7.26. The lowest BCUT2D eigenvalue weighted by Gasteiger charge is -2.00. The minimum Gasteiger partial charge on any atom is -0.309 e. The molecule has 0 aliphatic heterocycles. The van der Waals surface area contributed by atoms with Gasteiger partial charge in [0.1, 0.15) is 16.1 Å². The van der Waals surface area contributed by atoms with Gasteiger partial charge in [-0.05, 0) is 0 Å². The summed E-state index contributed by atoms with van der Waals surface area (Å²) in [5, 5.41) is 7.41. The van der Waals surface area contributed by atoms with Gasteiger partial charge in [-0.25, -0.2) is 8.99 Å². The van der Waals surface area contributed by atoms with E-state index in [1.807, 2.05) is 0 Å². The van der Waals surface area contributed by atoms with E-state index < -0.39 is 9.73 Å². The molecule has 1 aromatic heterocycles. The highest BCUT2D eigenvalue weighted by Crippen LogP contribution is 2.05. The molecule has 0 fully saturated rings. The summed E-state index contributed by atoms with van der Waals surface area (Å²) < 4.78 is 20.3. The highest BCUT2D eigenvalue weighted by molar-refractivity contribution is 7.92. The van der Waals surface area contributed by atoms with Crippen LogP contribution in [0.15, 0.2) is 11.5 Å². The van der Waals surface area contributed by atoms with E-state index in [0.717, 1.165) is 0 Å². The van der Waals surface area contributed by atoms with E-state index in [2.05, 4.69) is 10.2 Å². The maximum Gasteiger partial charge on any atom is 0.229 e. The third-order valence-electron chi connectivity index (χ3n) is 1.37. The first-order chi connectivity index (χ1) is 5.08. The van der Waals surface area contributed by atoms with Crippen LogP contribution in [0.5, 0.6) is 0 Å². The maximum absolute atomic E-state index is 11.4. The van der Waals surface area contributed by atoms with Crippen molar-refractivity contribution in [3.8, 4) is 0 Å². The van der Waals surface area contributed by atoms with Crippen LogP contribution >= 0.6 is 0 Å². The molecule has 0 spiro atoms. The Morgan fingerprint density at radius 1 is 1.82 bits per heavy atom. The summed E-state index contributed by atoms with van der Waals surface area (Å²) in [6.45, 7) is 1.70. The van der Waals surface area contributed by atoms with Crippen molar-refractivity contribution < 1.29 is 4.21 Å². The van der Waals surface area contributed by atoms with Gasteiger partial charge < -0.3 is 4.57 Å². The summed E-state index contributed by atoms with van der Waals surface area (Å²) >= 11 is 0. The van der Waals surface area contributed by atoms with Crippen LogP contribution in [-0.2, 0) is 16.8 Å². The van der Waals surface area contributed by atoms with Crippen LogP contribution < -0.4 is 0 Å². The Morgan fingerprint density at radius 3 is 2.82 bits per heavy atom. The fraction of sp³-hybridized carbons (Fsp3) is 0.600. The Bertz CT molecular complexity index is 339. The van der Waals surface area contributed by atoms with Gasteiger partial charge in [0.15, 0.2) is 0 Å². The summed E-state index contributed by atoms with van der Waals surface area (Å²) in [5.74, 6) is 0.277. The quantitative estimate of drug-likeness (QED) is 0.698. The summed E-state index contributed by atoms with van der Waals surface area (Å²) in [4.78, 5) is 0. The molecule has 0 amide bonds. The molecule has 1 rings (SSSR count). The van der Waals surface area contributed by atoms with E-state index in [4.69, 9.17) is 4.78 Å². The summed E-state index contributed by atoms with van der Waals surface area (Å²) in [5.41, 5.74) is 0. The second-order valence-corrected chi connectivity index (χ2v) is 4.48. The SMILES string of the molecule is CC[S@@](=N)(=O)c1nncn1C. The Labute approximate surface area is 65.4 Å². The second-order valence-electron chi connectivity index (χ2n) is 2.19. The number of hydrogen-bond donors (Lipinski definition) is 1. The Kier molecular flexibility index (Phi) is 1.95. The van der Waals surface area contributed by atoms with Crippen molar-refractivity contribution in [1.29, 1.82) is 4.78 Å². The van der Waals surface area contributed by atoms with Gasteiger partial charge in [0.2, 0.25) is 5.16 Å². The first-order valence-electron chi connectivity index (χ1n) is 3.18. The molecule has 1 heterocycles. The molecule has 5 nitrogen and oxygen atoms in total. The highest BCUT2D eigenvalue weighted by atomic mass is 32.2. The first kappa shape index (κ1) is 8.19. The summed E-state index contributed by atoms with van der Waals surface area (Å²) in [6.07, 6.45) is 1.44. The van der Waals surface area contributed by atoms with Crippen LogP contribution in [0.1, 0.15) is 6.92 Å². The molecular weight excluding hydrogens is 164 g/mol. The Hall–Kier alpha value is -0.910. The van der Waals surface area contributed by atoms with E-state index in [0.29, 0.717) is 0 Å². The van der Waals surface area contributed by atoms with Crippen LogP contribution in [0.25, 0.3) is 0 Å². The number of aryl methyl sites for hydroxylation is 1. The van der Waals surface area contributed by atoms with Crippen molar-refractivity contribution >= 4 is 9.73 Å². The van der Waals surface area contributed by atoms with Crippen LogP contribution in [0.2, 0.25) is 0 Å². The topological polar surface area (TPSA) is 71.6 Å². The van der Waals surface area contributed by atoms with E-state index in [1.54, 1.807) is 14.0 Å². The molecule has 1 aromatic rings. The zero-order valence-electron chi connectivity index (χ0n) is 6.44. The van der Waals surface area contributed by atoms with Crippen molar-refractivity contribution in [2.45, 2.75) is 12.1 Å². The molecule has 0 bridgehead atoms. The molecule has 62 valence electrons. The smallest absolute Gasteiger partial charge is 0.229 e. The minimum absolute atomic E-state index is 0.250. The number of hydrogen-bond acceptors (Lipinski definition) is 4. The number of rotatable bonds is 2. The highest BCUT2D eigenvalue weighted by Gasteiger charge is 2.12. The predicted molar refractivity (Wildman–Crippen MR) is 40.7 cm³/mol. The number of nitrogens with zero attached hydrogens (tertiary/aromatic N) is 3. The molecule has 1 N–H and O–H groups in total. The molecule has 0 aliphatic carbocycles. The lowest BCUT2D eigenvalue weighted by Crippen LogP contribution is -2.08. The van der Waals surface area contributed by atoms with Gasteiger partial charge in [-0.1, -0.05) is 6.92 Å². The van der Waals surface area contributed by atoms with E-state index >= 15 is 0 Å². The van der Waals surface area contributed by atoms with Crippen molar-refractivity contribution in [3.05, 3.63) is 6.33 Å². The molecule has 0 saturated carbocycles. The molecule has 0 aliphatic rings. The van der Waals surface area contributed by atoms with Gasteiger partial charge >= 0.3 is 0 Å². The minimum atomic E-state index is -2.70. The zero-order chi connectivity index (χ0) is 8.48.